The van der Waals surface area contributed by atoms with Gasteiger partial charge in [0.1, 0.15) is 11.5 Å². The van der Waals surface area contributed by atoms with Gasteiger partial charge in [-0.15, -0.1) is 0 Å². The highest BCUT2D eigenvalue weighted by Gasteiger charge is 2.39. The number of fused-ring (bicyclic) bond motifs is 1. The van der Waals surface area contributed by atoms with Crippen molar-refractivity contribution in [3.63, 3.8) is 0 Å². The Morgan fingerprint density at radius 1 is 1.12 bits per heavy atom. The van der Waals surface area contributed by atoms with Crippen molar-refractivity contribution in [1.82, 2.24) is 0 Å². The highest BCUT2D eigenvalue weighted by molar-refractivity contribution is 6.74. The minimum absolute atomic E-state index is 0.0695. The lowest BCUT2D eigenvalue weighted by atomic mass is 10.0. The van der Waals surface area contributed by atoms with E-state index in [4.69, 9.17) is 14.0 Å². The van der Waals surface area contributed by atoms with E-state index in [-0.39, 0.29) is 5.04 Å². The summed E-state index contributed by atoms with van der Waals surface area (Å²) >= 11 is 0. The maximum Gasteiger partial charge on any atom is 0.331 e. The molecule has 0 saturated heterocycles. The molecular formula is C20H27NO4Si. The first-order valence-corrected chi connectivity index (χ1v) is 11.5. The monoisotopic (exact) mass is 373 g/mol. The normalized spacial score (nSPS) is 12.4. The molecule has 0 N–H and O–H groups in total. The third kappa shape index (κ3) is 4.25. The molecule has 0 unspecified atom stereocenters. The summed E-state index contributed by atoms with van der Waals surface area (Å²) in [4.78, 5) is 15.7. The zero-order valence-corrected chi connectivity index (χ0v) is 17.5. The first-order chi connectivity index (χ1) is 12.1. The average molecular weight is 374 g/mol. The van der Waals surface area contributed by atoms with Crippen LogP contribution in [0.3, 0.4) is 0 Å². The molecule has 26 heavy (non-hydrogen) atoms. The molecule has 0 spiro atoms. The summed E-state index contributed by atoms with van der Waals surface area (Å²) in [7, 11) is -0.392. The van der Waals surface area contributed by atoms with E-state index in [1.54, 1.807) is 7.11 Å². The van der Waals surface area contributed by atoms with Gasteiger partial charge in [0.25, 0.3) is 8.32 Å². The summed E-state index contributed by atoms with van der Waals surface area (Å²) in [5.74, 6) is 1.08. The van der Waals surface area contributed by atoms with Gasteiger partial charge in [-0.2, -0.15) is 0 Å². The molecule has 0 aliphatic heterocycles. The molecule has 0 heterocycles. The van der Waals surface area contributed by atoms with Gasteiger partial charge in [-0.25, -0.2) is 4.79 Å². The Morgan fingerprint density at radius 2 is 1.81 bits per heavy atom. The van der Waals surface area contributed by atoms with Gasteiger partial charge in [0, 0.05) is 23.3 Å². The van der Waals surface area contributed by atoms with E-state index in [0.717, 1.165) is 27.8 Å². The topological polar surface area (TPSA) is 57.1 Å². The molecule has 0 aliphatic carbocycles. The Kier molecular flexibility index (Phi) is 5.76. The van der Waals surface area contributed by atoms with Crippen molar-refractivity contribution in [3.8, 4) is 11.5 Å². The Balaban J connectivity index is 2.63. The predicted molar refractivity (Wildman–Crippen MR) is 108 cm³/mol. The van der Waals surface area contributed by atoms with E-state index < -0.39 is 14.3 Å². The van der Waals surface area contributed by atoms with Gasteiger partial charge < -0.3 is 14.0 Å². The summed E-state index contributed by atoms with van der Waals surface area (Å²) in [6, 6.07) is 9.65. The number of benzene rings is 2. The number of nitrogens with zero attached hydrogens (tertiary/aromatic N) is 1. The van der Waals surface area contributed by atoms with Crippen LogP contribution < -0.4 is 9.16 Å². The Bertz CT molecular complexity index is 838. The van der Waals surface area contributed by atoms with Gasteiger partial charge in [0.2, 0.25) is 0 Å². The minimum atomic E-state index is -2.03. The molecule has 0 saturated carbocycles. The summed E-state index contributed by atoms with van der Waals surface area (Å²) in [6.07, 6.45) is 1.53. The molecule has 0 aromatic heterocycles. The van der Waals surface area contributed by atoms with Crippen LogP contribution in [0.1, 0.15) is 33.3 Å². The van der Waals surface area contributed by atoms with Crippen molar-refractivity contribution in [2.45, 2.75) is 45.8 Å². The van der Waals surface area contributed by atoms with E-state index >= 15 is 0 Å². The lowest BCUT2D eigenvalue weighted by Crippen LogP contribution is -2.43. The maximum atomic E-state index is 11.0. The van der Waals surface area contributed by atoms with Crippen LogP contribution in [0.4, 0.5) is 0 Å². The standard InChI is InChI=1S/C20H27NO4Si/c1-14(22)24-21-13-15-11-12-17(23-5)16-9-8-10-18(19(15)16)25-26(6,7)20(2,3)4/h8-13H,1-7H3/b21-13+. The first-order valence-electron chi connectivity index (χ1n) is 8.56. The molecule has 6 heteroatoms. The zero-order chi connectivity index (χ0) is 19.5. The smallest absolute Gasteiger partial charge is 0.331 e. The van der Waals surface area contributed by atoms with Crippen LogP contribution in [0.15, 0.2) is 35.5 Å². The van der Waals surface area contributed by atoms with E-state index in [1.807, 2.05) is 30.3 Å². The molecule has 5 nitrogen and oxygen atoms in total. The molecule has 0 fully saturated rings. The number of rotatable bonds is 5. The lowest BCUT2D eigenvalue weighted by Gasteiger charge is -2.37. The number of carbonyl (C=O) groups is 1. The van der Waals surface area contributed by atoms with E-state index in [0.29, 0.717) is 0 Å². The van der Waals surface area contributed by atoms with E-state index in [1.165, 1.54) is 13.1 Å². The fourth-order valence-corrected chi connectivity index (χ4v) is 3.35. The molecule has 140 valence electrons. The number of hydrogen-bond acceptors (Lipinski definition) is 5. The number of oxime groups is 1. The highest BCUT2D eigenvalue weighted by atomic mass is 28.4. The van der Waals surface area contributed by atoms with Crippen molar-refractivity contribution in [3.05, 3.63) is 35.9 Å². The molecule has 2 aromatic rings. The van der Waals surface area contributed by atoms with Crippen molar-refractivity contribution < 1.29 is 18.8 Å². The minimum Gasteiger partial charge on any atom is -0.543 e. The van der Waals surface area contributed by atoms with Gasteiger partial charge in [-0.05, 0) is 36.3 Å². The van der Waals surface area contributed by atoms with Gasteiger partial charge in [-0.3, -0.25) is 0 Å². The Hall–Kier alpha value is -2.34. The second kappa shape index (κ2) is 7.49. The van der Waals surface area contributed by atoms with E-state index in [2.05, 4.69) is 39.0 Å². The molecular weight excluding hydrogens is 346 g/mol. The van der Waals surface area contributed by atoms with Gasteiger partial charge >= 0.3 is 5.97 Å². The third-order valence-corrected chi connectivity index (χ3v) is 9.10. The molecule has 2 rings (SSSR count). The summed E-state index contributed by atoms with van der Waals surface area (Å²) < 4.78 is 12.1. The highest BCUT2D eigenvalue weighted by Crippen LogP contribution is 2.41. The summed E-state index contributed by atoms with van der Waals surface area (Å²) in [6.45, 7) is 12.3. The summed E-state index contributed by atoms with van der Waals surface area (Å²) in [5, 5.41) is 5.67. The fourth-order valence-electron chi connectivity index (χ4n) is 2.33. The van der Waals surface area contributed by atoms with Crippen LogP contribution >= 0.6 is 0 Å². The molecule has 0 bridgehead atoms. The van der Waals surface area contributed by atoms with Crippen molar-refractivity contribution in [2.75, 3.05) is 7.11 Å². The predicted octanol–water partition coefficient (Wildman–Crippen LogP) is 5.13. The SMILES string of the molecule is COc1ccc(/C=N/OC(C)=O)c2c(O[Si](C)(C)C(C)(C)C)cccc12. The van der Waals surface area contributed by atoms with Crippen LogP contribution in [-0.2, 0) is 9.63 Å². The van der Waals surface area contributed by atoms with E-state index in [9.17, 15) is 4.79 Å². The van der Waals surface area contributed by atoms with Crippen molar-refractivity contribution in [2.24, 2.45) is 5.16 Å². The van der Waals surface area contributed by atoms with Crippen LogP contribution in [0.2, 0.25) is 18.1 Å². The second-order valence-corrected chi connectivity index (χ2v) is 12.4. The molecule has 0 aliphatic rings. The van der Waals surface area contributed by atoms with Crippen LogP contribution in [0.5, 0.6) is 11.5 Å². The number of carbonyl (C=O) groups excluding carboxylic acids is 1. The average Bonchev–Trinajstić information content (AvgIpc) is 2.53. The quantitative estimate of drug-likeness (QED) is 0.315. The van der Waals surface area contributed by atoms with Gasteiger partial charge in [0.15, 0.2) is 0 Å². The molecule has 0 amide bonds. The maximum absolute atomic E-state index is 11.0. The number of methoxy groups -OCH3 is 1. The van der Waals surface area contributed by atoms with Crippen molar-refractivity contribution >= 4 is 31.3 Å². The first kappa shape index (κ1) is 20.0. The molecule has 2 aromatic carbocycles. The van der Waals surface area contributed by atoms with Crippen LogP contribution in [0.25, 0.3) is 10.8 Å². The van der Waals surface area contributed by atoms with Gasteiger partial charge in [-0.1, -0.05) is 38.1 Å². The van der Waals surface area contributed by atoms with Gasteiger partial charge in [0.05, 0.1) is 13.3 Å². The fraction of sp³-hybridized carbons (Fsp3) is 0.400. The Morgan fingerprint density at radius 3 is 2.38 bits per heavy atom. The van der Waals surface area contributed by atoms with Crippen molar-refractivity contribution in [1.29, 1.82) is 0 Å². The van der Waals surface area contributed by atoms with Crippen LogP contribution in [0, 0.1) is 0 Å². The lowest BCUT2D eigenvalue weighted by molar-refractivity contribution is -0.140. The third-order valence-electron chi connectivity index (χ3n) is 4.76. The summed E-state index contributed by atoms with van der Waals surface area (Å²) in [5.41, 5.74) is 0.802. The zero-order valence-electron chi connectivity index (χ0n) is 16.5. The molecule has 0 atom stereocenters. The Labute approximate surface area is 156 Å². The number of hydrogen-bond donors (Lipinski definition) is 0. The number of ether oxygens (including phenoxy) is 1. The van der Waals surface area contributed by atoms with Crippen LogP contribution in [-0.4, -0.2) is 27.6 Å². The molecule has 0 radical (unpaired) electrons. The largest absolute Gasteiger partial charge is 0.543 e. The second-order valence-electron chi connectivity index (χ2n) is 7.72.